The number of carbonyl (C=O) groups is 1. The SMILES string of the molecule is CCCC(C)NC(=O)C(C)N(C)CC(N)COC. The number of nitrogens with zero attached hydrogens (tertiary/aromatic N) is 1. The molecule has 0 aromatic carbocycles. The first-order chi connectivity index (χ1) is 8.42. The smallest absolute Gasteiger partial charge is 0.237 e. The molecular weight excluding hydrogens is 230 g/mol. The first-order valence-corrected chi connectivity index (χ1v) is 6.67. The van der Waals surface area contributed by atoms with Gasteiger partial charge in [-0.15, -0.1) is 0 Å². The Kier molecular flexibility index (Phi) is 8.97. The van der Waals surface area contributed by atoms with Gasteiger partial charge in [0, 0.05) is 25.7 Å². The predicted molar refractivity (Wildman–Crippen MR) is 74.5 cm³/mol. The van der Waals surface area contributed by atoms with E-state index in [1.54, 1.807) is 7.11 Å². The van der Waals surface area contributed by atoms with Gasteiger partial charge in [0.25, 0.3) is 0 Å². The zero-order chi connectivity index (χ0) is 14.1. The Morgan fingerprint density at radius 2 is 2.06 bits per heavy atom. The van der Waals surface area contributed by atoms with Gasteiger partial charge >= 0.3 is 0 Å². The summed E-state index contributed by atoms with van der Waals surface area (Å²) in [7, 11) is 3.53. The van der Waals surface area contributed by atoms with Crippen LogP contribution in [0.4, 0.5) is 0 Å². The average Bonchev–Trinajstić information content (AvgIpc) is 2.28. The maximum atomic E-state index is 12.0. The number of likely N-dealkylation sites (N-methyl/N-ethyl adjacent to an activating group) is 1. The number of amides is 1. The maximum Gasteiger partial charge on any atom is 0.237 e. The number of nitrogens with two attached hydrogens (primary N) is 1. The van der Waals surface area contributed by atoms with Crippen molar-refractivity contribution in [2.24, 2.45) is 5.73 Å². The third-order valence-electron chi connectivity index (χ3n) is 3.05. The molecule has 5 nitrogen and oxygen atoms in total. The van der Waals surface area contributed by atoms with Gasteiger partial charge in [0.2, 0.25) is 5.91 Å². The highest BCUT2D eigenvalue weighted by atomic mass is 16.5. The van der Waals surface area contributed by atoms with Crippen LogP contribution in [0.5, 0.6) is 0 Å². The first kappa shape index (κ1) is 17.4. The molecule has 0 heterocycles. The van der Waals surface area contributed by atoms with Gasteiger partial charge in [-0.1, -0.05) is 13.3 Å². The molecule has 0 spiro atoms. The fraction of sp³-hybridized carbons (Fsp3) is 0.923. The second kappa shape index (κ2) is 9.30. The highest BCUT2D eigenvalue weighted by molar-refractivity contribution is 5.81. The summed E-state index contributed by atoms with van der Waals surface area (Å²) in [5.74, 6) is 0.0584. The summed E-state index contributed by atoms with van der Waals surface area (Å²) < 4.78 is 4.99. The second-order valence-corrected chi connectivity index (χ2v) is 5.03. The summed E-state index contributed by atoms with van der Waals surface area (Å²) in [4.78, 5) is 13.9. The second-order valence-electron chi connectivity index (χ2n) is 5.03. The monoisotopic (exact) mass is 259 g/mol. The van der Waals surface area contributed by atoms with E-state index in [0.717, 1.165) is 12.8 Å². The van der Waals surface area contributed by atoms with Crippen molar-refractivity contribution < 1.29 is 9.53 Å². The molecule has 0 aliphatic heterocycles. The van der Waals surface area contributed by atoms with Crippen molar-refractivity contribution in [3.63, 3.8) is 0 Å². The number of hydrogen-bond acceptors (Lipinski definition) is 4. The zero-order valence-electron chi connectivity index (χ0n) is 12.4. The fourth-order valence-electron chi connectivity index (χ4n) is 1.86. The lowest BCUT2D eigenvalue weighted by atomic mass is 10.1. The highest BCUT2D eigenvalue weighted by Gasteiger charge is 2.20. The summed E-state index contributed by atoms with van der Waals surface area (Å²) in [5.41, 5.74) is 5.87. The molecule has 3 atom stereocenters. The van der Waals surface area contributed by atoms with Crippen LogP contribution < -0.4 is 11.1 Å². The van der Waals surface area contributed by atoms with Crippen LogP contribution in [0.2, 0.25) is 0 Å². The van der Waals surface area contributed by atoms with Crippen LogP contribution in [-0.4, -0.2) is 56.2 Å². The van der Waals surface area contributed by atoms with Crippen molar-refractivity contribution in [2.75, 3.05) is 27.3 Å². The average molecular weight is 259 g/mol. The number of ether oxygens (including phenoxy) is 1. The molecule has 0 fully saturated rings. The molecule has 0 rings (SSSR count). The van der Waals surface area contributed by atoms with E-state index < -0.39 is 0 Å². The Labute approximate surface area is 111 Å². The van der Waals surface area contributed by atoms with Crippen LogP contribution in [0.3, 0.4) is 0 Å². The van der Waals surface area contributed by atoms with Crippen LogP contribution in [0.1, 0.15) is 33.6 Å². The van der Waals surface area contributed by atoms with E-state index in [1.807, 2.05) is 25.8 Å². The molecule has 1 amide bonds. The standard InChI is InChI=1S/C13H29N3O2/c1-6-7-10(2)15-13(17)11(3)16(4)8-12(14)9-18-5/h10-12H,6-9,14H2,1-5H3,(H,15,17). The molecule has 0 aromatic rings. The van der Waals surface area contributed by atoms with Crippen LogP contribution in [0.25, 0.3) is 0 Å². The zero-order valence-corrected chi connectivity index (χ0v) is 12.4. The van der Waals surface area contributed by atoms with Crippen LogP contribution in [0, 0.1) is 0 Å². The van der Waals surface area contributed by atoms with Crippen LogP contribution >= 0.6 is 0 Å². The predicted octanol–water partition coefficient (Wildman–Crippen LogP) is 0.585. The lowest BCUT2D eigenvalue weighted by Gasteiger charge is -2.27. The van der Waals surface area contributed by atoms with E-state index >= 15 is 0 Å². The minimum Gasteiger partial charge on any atom is -0.383 e. The van der Waals surface area contributed by atoms with Crippen molar-refractivity contribution in [1.29, 1.82) is 0 Å². The van der Waals surface area contributed by atoms with Gasteiger partial charge in [-0.25, -0.2) is 0 Å². The van der Waals surface area contributed by atoms with E-state index in [4.69, 9.17) is 10.5 Å². The molecule has 5 heteroatoms. The number of nitrogens with one attached hydrogen (secondary N) is 1. The minimum absolute atomic E-state index is 0.0584. The largest absolute Gasteiger partial charge is 0.383 e. The molecule has 0 bridgehead atoms. The van der Waals surface area contributed by atoms with E-state index in [2.05, 4.69) is 12.2 Å². The van der Waals surface area contributed by atoms with E-state index in [1.165, 1.54) is 0 Å². The summed E-state index contributed by atoms with van der Waals surface area (Å²) in [6.07, 6.45) is 2.08. The number of hydrogen-bond donors (Lipinski definition) is 2. The van der Waals surface area contributed by atoms with Crippen molar-refractivity contribution in [3.05, 3.63) is 0 Å². The summed E-state index contributed by atoms with van der Waals surface area (Å²) in [6, 6.07) is -0.0125. The molecule has 3 N–H and O–H groups in total. The minimum atomic E-state index is -0.174. The van der Waals surface area contributed by atoms with Crippen LogP contribution in [0.15, 0.2) is 0 Å². The molecule has 0 radical (unpaired) electrons. The van der Waals surface area contributed by atoms with Gasteiger partial charge in [0.15, 0.2) is 0 Å². The van der Waals surface area contributed by atoms with Gasteiger partial charge in [-0.05, 0) is 27.3 Å². The molecule has 0 aliphatic carbocycles. The highest BCUT2D eigenvalue weighted by Crippen LogP contribution is 2.00. The molecule has 108 valence electrons. The summed E-state index contributed by atoms with van der Waals surface area (Å²) in [6.45, 7) is 7.19. The van der Waals surface area contributed by atoms with E-state index in [0.29, 0.717) is 13.2 Å². The normalized spacial score (nSPS) is 16.4. The van der Waals surface area contributed by atoms with Gasteiger partial charge < -0.3 is 15.8 Å². The quantitative estimate of drug-likeness (QED) is 0.636. The van der Waals surface area contributed by atoms with E-state index in [-0.39, 0.29) is 24.0 Å². The summed E-state index contributed by atoms with van der Waals surface area (Å²) in [5, 5.41) is 3.01. The Morgan fingerprint density at radius 3 is 2.56 bits per heavy atom. The lowest BCUT2D eigenvalue weighted by molar-refractivity contribution is -0.126. The molecule has 0 aliphatic rings. The van der Waals surface area contributed by atoms with E-state index in [9.17, 15) is 4.79 Å². The van der Waals surface area contributed by atoms with Crippen LogP contribution in [-0.2, 0) is 9.53 Å². The first-order valence-electron chi connectivity index (χ1n) is 6.67. The third kappa shape index (κ3) is 6.93. The Balaban J connectivity index is 4.11. The molecule has 0 aromatic heterocycles. The molecule has 0 saturated carbocycles. The number of carbonyl (C=O) groups excluding carboxylic acids is 1. The van der Waals surface area contributed by atoms with Crippen molar-refractivity contribution in [2.45, 2.75) is 51.7 Å². The van der Waals surface area contributed by atoms with Gasteiger partial charge in [-0.2, -0.15) is 0 Å². The number of rotatable bonds is 9. The Bertz CT molecular complexity index is 236. The maximum absolute atomic E-state index is 12.0. The fourth-order valence-corrected chi connectivity index (χ4v) is 1.86. The molecule has 0 saturated heterocycles. The molecular formula is C13H29N3O2. The molecule has 3 unspecified atom stereocenters. The summed E-state index contributed by atoms with van der Waals surface area (Å²) >= 11 is 0. The molecule has 18 heavy (non-hydrogen) atoms. The Morgan fingerprint density at radius 1 is 1.44 bits per heavy atom. The topological polar surface area (TPSA) is 67.6 Å². The van der Waals surface area contributed by atoms with Crippen molar-refractivity contribution >= 4 is 5.91 Å². The lowest BCUT2D eigenvalue weighted by Crippen LogP contribution is -2.50. The van der Waals surface area contributed by atoms with Gasteiger partial charge in [0.05, 0.1) is 12.6 Å². The van der Waals surface area contributed by atoms with Crippen molar-refractivity contribution in [3.8, 4) is 0 Å². The third-order valence-corrected chi connectivity index (χ3v) is 3.05. The Hall–Kier alpha value is -0.650. The van der Waals surface area contributed by atoms with Crippen molar-refractivity contribution in [1.82, 2.24) is 10.2 Å². The van der Waals surface area contributed by atoms with Gasteiger partial charge in [0.1, 0.15) is 0 Å². The number of methoxy groups -OCH3 is 1. The van der Waals surface area contributed by atoms with Gasteiger partial charge in [-0.3, -0.25) is 9.69 Å².